The second-order valence-corrected chi connectivity index (χ2v) is 11.9. The Morgan fingerprint density at radius 3 is 1.95 bits per heavy atom. The van der Waals surface area contributed by atoms with Gasteiger partial charge in [0.2, 0.25) is 17.8 Å². The molecule has 2 saturated heterocycles. The number of benzene rings is 1. The number of nitriles is 1. The fraction of sp³-hybridized carbons (Fsp3) is 0.545. The van der Waals surface area contributed by atoms with Crippen LogP contribution in [0.1, 0.15) is 19.8 Å². The molecule has 0 spiro atoms. The van der Waals surface area contributed by atoms with Crippen molar-refractivity contribution in [2.24, 2.45) is 22.9 Å². The van der Waals surface area contributed by atoms with E-state index in [-0.39, 0.29) is 52.3 Å². The second-order valence-electron chi connectivity index (χ2n) is 9.62. The summed E-state index contributed by atoms with van der Waals surface area (Å²) in [7, 11) is -4.06. The number of anilines is 4. The van der Waals surface area contributed by atoms with Crippen molar-refractivity contribution in [1.29, 1.82) is 5.26 Å². The van der Waals surface area contributed by atoms with E-state index in [1.54, 1.807) is 13.1 Å². The summed E-state index contributed by atoms with van der Waals surface area (Å²) >= 11 is 6.40. The number of hydrogen-bond acceptors (Lipinski definition) is 13. The molecule has 9 N–H and O–H groups in total. The summed E-state index contributed by atoms with van der Waals surface area (Å²) in [5.41, 5.74) is 25.1. The van der Waals surface area contributed by atoms with Crippen LogP contribution < -0.4 is 38.1 Å². The van der Waals surface area contributed by atoms with Crippen LogP contribution in [-0.4, -0.2) is 84.6 Å². The van der Waals surface area contributed by atoms with Gasteiger partial charge in [-0.1, -0.05) is 11.6 Å². The minimum absolute atomic E-state index is 0.00930. The molecule has 0 bridgehead atoms. The zero-order valence-electron chi connectivity index (χ0n) is 21.0. The molecule has 0 amide bonds. The van der Waals surface area contributed by atoms with Crippen molar-refractivity contribution in [3.8, 4) is 6.19 Å². The molecule has 4 atom stereocenters. The van der Waals surface area contributed by atoms with Gasteiger partial charge in [0.05, 0.1) is 15.6 Å². The second kappa shape index (κ2) is 11.4. The Kier molecular flexibility index (Phi) is 8.40. The topological polar surface area (TPSA) is 222 Å². The number of nitrogens with one attached hydrogen (secondary N) is 1. The van der Waals surface area contributed by atoms with Crippen LogP contribution in [-0.2, 0) is 10.0 Å². The van der Waals surface area contributed by atoms with Crippen LogP contribution >= 0.6 is 11.6 Å². The Labute approximate surface area is 227 Å². The number of hydrogen-bond donors (Lipinski definition) is 5. The summed E-state index contributed by atoms with van der Waals surface area (Å²) in [4.78, 5) is 17.5. The van der Waals surface area contributed by atoms with Gasteiger partial charge in [-0.25, -0.2) is 12.7 Å². The predicted octanol–water partition coefficient (Wildman–Crippen LogP) is -0.510. The molecule has 14 nitrogen and oxygen atoms in total. The number of rotatable bonds is 7. The van der Waals surface area contributed by atoms with Crippen LogP contribution in [0.3, 0.4) is 0 Å². The first-order valence-corrected chi connectivity index (χ1v) is 14.1. The average molecular weight is 565 g/mol. The van der Waals surface area contributed by atoms with Crippen LogP contribution in [0.2, 0.25) is 5.02 Å². The van der Waals surface area contributed by atoms with E-state index in [1.807, 2.05) is 9.80 Å². The first-order valence-electron chi connectivity index (χ1n) is 12.3. The molecule has 4 unspecified atom stereocenters. The van der Waals surface area contributed by atoms with Crippen molar-refractivity contribution >= 4 is 45.2 Å². The van der Waals surface area contributed by atoms with Gasteiger partial charge in [0, 0.05) is 56.9 Å². The van der Waals surface area contributed by atoms with Crippen molar-refractivity contribution in [3.05, 3.63) is 23.2 Å². The Morgan fingerprint density at radius 1 is 1.00 bits per heavy atom. The van der Waals surface area contributed by atoms with Gasteiger partial charge < -0.3 is 38.1 Å². The SMILES string of the molecule is CCN(C#N)S(=O)(=O)c1ccc(Cl)c(Nc2nc(N3CC(N)CC(N)C3)nc(N3CC(N)CC(N)C3)n2)c1. The Hall–Kier alpha value is -3.00. The molecule has 0 aliphatic carbocycles. The van der Waals surface area contributed by atoms with Crippen LogP contribution in [0.5, 0.6) is 0 Å². The van der Waals surface area contributed by atoms with E-state index in [0.29, 0.717) is 55.2 Å². The lowest BCUT2D eigenvalue weighted by Crippen LogP contribution is -2.54. The third-order valence-electron chi connectivity index (χ3n) is 6.38. The molecule has 1 aromatic heterocycles. The summed E-state index contributed by atoms with van der Waals surface area (Å²) in [6, 6.07) is 3.50. The van der Waals surface area contributed by atoms with Crippen molar-refractivity contribution < 1.29 is 8.42 Å². The van der Waals surface area contributed by atoms with Crippen LogP contribution in [0.4, 0.5) is 23.5 Å². The van der Waals surface area contributed by atoms with Crippen LogP contribution in [0.15, 0.2) is 23.1 Å². The smallest absolute Gasteiger partial charge is 0.272 e. The predicted molar refractivity (Wildman–Crippen MR) is 145 cm³/mol. The Balaban J connectivity index is 1.73. The number of nitrogens with two attached hydrogens (primary N) is 4. The van der Waals surface area contributed by atoms with Gasteiger partial charge in [-0.05, 0) is 38.0 Å². The number of piperidine rings is 2. The lowest BCUT2D eigenvalue weighted by molar-refractivity contribution is 0.441. The summed E-state index contributed by atoms with van der Waals surface area (Å²) in [5.74, 6) is 0.851. The van der Waals surface area contributed by atoms with Crippen LogP contribution in [0, 0.1) is 11.5 Å². The highest BCUT2D eigenvalue weighted by molar-refractivity contribution is 7.89. The van der Waals surface area contributed by atoms with Crippen molar-refractivity contribution in [3.63, 3.8) is 0 Å². The molecule has 0 saturated carbocycles. The molecule has 206 valence electrons. The fourth-order valence-electron chi connectivity index (χ4n) is 4.68. The average Bonchev–Trinajstić information content (AvgIpc) is 2.84. The lowest BCUT2D eigenvalue weighted by atomic mass is 10.0. The number of sulfonamides is 1. The van der Waals surface area contributed by atoms with Gasteiger partial charge in [-0.2, -0.15) is 20.2 Å². The van der Waals surface area contributed by atoms with Crippen molar-refractivity contribution in [1.82, 2.24) is 19.3 Å². The van der Waals surface area contributed by atoms with Crippen molar-refractivity contribution in [2.75, 3.05) is 47.8 Å². The van der Waals surface area contributed by atoms with E-state index in [9.17, 15) is 13.7 Å². The first-order chi connectivity index (χ1) is 18.0. The molecular weight excluding hydrogens is 532 g/mol. The quantitative estimate of drug-likeness (QED) is 0.211. The third kappa shape index (κ3) is 6.17. The molecule has 4 rings (SSSR count). The van der Waals surface area contributed by atoms with Gasteiger partial charge in [0.15, 0.2) is 6.19 Å². The summed E-state index contributed by atoms with van der Waals surface area (Å²) in [6.07, 6.45) is 3.05. The van der Waals surface area contributed by atoms with E-state index in [2.05, 4.69) is 20.3 Å². The van der Waals surface area contributed by atoms with E-state index in [4.69, 9.17) is 34.5 Å². The largest absolute Gasteiger partial charge is 0.338 e. The fourth-order valence-corrected chi connectivity index (χ4v) is 6.05. The molecule has 16 heteroatoms. The zero-order chi connectivity index (χ0) is 27.6. The molecule has 2 aromatic rings. The normalized spacial score (nSPS) is 24.1. The summed E-state index contributed by atoms with van der Waals surface area (Å²) in [5, 5.41) is 12.5. The minimum Gasteiger partial charge on any atom is -0.338 e. The number of aromatic nitrogens is 3. The minimum atomic E-state index is -4.06. The Morgan fingerprint density at radius 2 is 1.50 bits per heavy atom. The zero-order valence-corrected chi connectivity index (χ0v) is 22.6. The maximum Gasteiger partial charge on any atom is 0.272 e. The van der Waals surface area contributed by atoms with Crippen LogP contribution in [0.25, 0.3) is 0 Å². The highest BCUT2D eigenvalue weighted by Gasteiger charge is 2.29. The Bertz CT molecular complexity index is 1240. The molecule has 2 fully saturated rings. The molecule has 0 radical (unpaired) electrons. The number of nitrogens with zero attached hydrogens (tertiary/aromatic N) is 7. The summed E-state index contributed by atoms with van der Waals surface area (Å²) < 4.78 is 26.5. The summed E-state index contributed by atoms with van der Waals surface area (Å²) in [6.45, 7) is 3.58. The molecule has 3 heterocycles. The van der Waals surface area contributed by atoms with E-state index in [1.165, 1.54) is 18.2 Å². The van der Waals surface area contributed by atoms with Gasteiger partial charge in [0.1, 0.15) is 0 Å². The molecule has 2 aliphatic rings. The standard InChI is InChI=1S/C22H33ClN12O2S/c1-2-35(12-24)38(36,37)17-3-4-18(23)19(7-17)29-20-30-21(33-8-13(25)5-14(26)9-33)32-22(31-20)34-10-15(27)6-16(28)11-34/h3-4,7,13-16H,2,5-6,8-11,25-28H2,1H3,(H,29,30,31,32). The van der Waals surface area contributed by atoms with Gasteiger partial charge in [0.25, 0.3) is 10.0 Å². The molecule has 2 aliphatic heterocycles. The number of halogens is 1. The van der Waals surface area contributed by atoms with Crippen molar-refractivity contribution in [2.45, 2.75) is 48.8 Å². The highest BCUT2D eigenvalue weighted by Crippen LogP contribution is 2.30. The molecular formula is C22H33ClN12O2S. The highest BCUT2D eigenvalue weighted by atomic mass is 35.5. The molecule has 1 aromatic carbocycles. The van der Waals surface area contributed by atoms with E-state index >= 15 is 0 Å². The third-order valence-corrected chi connectivity index (χ3v) is 8.48. The monoisotopic (exact) mass is 564 g/mol. The lowest BCUT2D eigenvalue weighted by Gasteiger charge is -2.37. The molecule has 38 heavy (non-hydrogen) atoms. The maximum absolute atomic E-state index is 12.9. The van der Waals surface area contributed by atoms with Gasteiger partial charge >= 0.3 is 0 Å². The van der Waals surface area contributed by atoms with E-state index in [0.717, 1.165) is 0 Å². The van der Waals surface area contributed by atoms with Gasteiger partial charge in [-0.15, -0.1) is 0 Å². The van der Waals surface area contributed by atoms with E-state index < -0.39 is 10.0 Å². The maximum atomic E-state index is 12.9. The van der Waals surface area contributed by atoms with Gasteiger partial charge in [-0.3, -0.25) is 0 Å². The first kappa shape index (κ1) is 28.0.